The summed E-state index contributed by atoms with van der Waals surface area (Å²) in [6, 6.07) is 4.98. The largest absolute Gasteiger partial charge is 0.356 e. The molecule has 1 aliphatic rings. The molecule has 126 valence electrons. The van der Waals surface area contributed by atoms with Crippen LogP contribution in [-0.2, 0) is 0 Å². The molecule has 0 aromatic carbocycles. The van der Waals surface area contributed by atoms with Crippen molar-refractivity contribution in [1.29, 1.82) is 0 Å². The lowest BCUT2D eigenvalue weighted by molar-refractivity contribution is 0.102. The van der Waals surface area contributed by atoms with E-state index in [0.717, 1.165) is 31.7 Å². The van der Waals surface area contributed by atoms with Gasteiger partial charge in [-0.3, -0.25) is 4.79 Å². The third kappa shape index (κ3) is 3.27. The van der Waals surface area contributed by atoms with Gasteiger partial charge >= 0.3 is 0 Å². The van der Waals surface area contributed by atoms with Crippen LogP contribution < -0.4 is 10.2 Å². The van der Waals surface area contributed by atoms with Gasteiger partial charge in [-0.15, -0.1) is 10.2 Å². The standard InChI is InChI=1S/C15H15N9O/c25-15(11-3-4-13(22-21-11)24-10-16-8-19-24)20-12-7-14(18-9-17-12)23-5-1-2-6-23/h3-4,7-10H,1-2,5-6H2,(H,17,18,20,25). The Morgan fingerprint density at radius 2 is 1.92 bits per heavy atom. The molecule has 3 aromatic rings. The third-order valence-electron chi connectivity index (χ3n) is 3.86. The highest BCUT2D eigenvalue weighted by molar-refractivity contribution is 6.02. The average molecular weight is 337 g/mol. The van der Waals surface area contributed by atoms with Gasteiger partial charge in [0.2, 0.25) is 0 Å². The van der Waals surface area contributed by atoms with E-state index in [1.807, 2.05) is 0 Å². The predicted octanol–water partition coefficient (Wildman–Crippen LogP) is 0.700. The van der Waals surface area contributed by atoms with Crippen molar-refractivity contribution in [2.75, 3.05) is 23.3 Å². The quantitative estimate of drug-likeness (QED) is 0.740. The molecule has 0 spiro atoms. The summed E-state index contributed by atoms with van der Waals surface area (Å²) in [4.78, 5) is 26.7. The maximum absolute atomic E-state index is 12.3. The molecule has 10 nitrogen and oxygen atoms in total. The van der Waals surface area contributed by atoms with E-state index in [-0.39, 0.29) is 11.6 Å². The monoisotopic (exact) mass is 337 g/mol. The molecular weight excluding hydrogens is 322 g/mol. The number of aromatic nitrogens is 7. The van der Waals surface area contributed by atoms with E-state index >= 15 is 0 Å². The fourth-order valence-corrected chi connectivity index (χ4v) is 2.61. The summed E-state index contributed by atoms with van der Waals surface area (Å²) in [6.45, 7) is 1.94. The van der Waals surface area contributed by atoms with Gasteiger partial charge in [0.25, 0.3) is 5.91 Å². The zero-order chi connectivity index (χ0) is 17.1. The Labute approximate surface area is 143 Å². The SMILES string of the molecule is O=C(Nc1cc(N2CCCC2)ncn1)c1ccc(-n2cncn2)nn1. The van der Waals surface area contributed by atoms with Crippen LogP contribution in [0.25, 0.3) is 5.82 Å². The number of carbonyl (C=O) groups excluding carboxylic acids is 1. The topological polar surface area (TPSA) is 115 Å². The second-order valence-electron chi connectivity index (χ2n) is 5.53. The number of hydrogen-bond donors (Lipinski definition) is 1. The van der Waals surface area contributed by atoms with Gasteiger partial charge in [0.05, 0.1) is 0 Å². The van der Waals surface area contributed by atoms with Crippen molar-refractivity contribution in [3.05, 3.63) is 42.9 Å². The summed E-state index contributed by atoms with van der Waals surface area (Å²) in [5.74, 6) is 1.34. The van der Waals surface area contributed by atoms with E-state index in [0.29, 0.717) is 11.6 Å². The number of nitrogens with zero attached hydrogens (tertiary/aromatic N) is 8. The molecule has 4 rings (SSSR count). The smallest absolute Gasteiger partial charge is 0.277 e. The molecule has 3 aromatic heterocycles. The van der Waals surface area contributed by atoms with E-state index < -0.39 is 0 Å². The number of carbonyl (C=O) groups is 1. The predicted molar refractivity (Wildman–Crippen MR) is 88.4 cm³/mol. The number of anilines is 2. The molecule has 1 aliphatic heterocycles. The van der Waals surface area contributed by atoms with E-state index in [4.69, 9.17) is 0 Å². The first kappa shape index (κ1) is 15.1. The summed E-state index contributed by atoms with van der Waals surface area (Å²) in [6.07, 6.45) is 6.65. The molecule has 1 saturated heterocycles. The van der Waals surface area contributed by atoms with Crippen molar-refractivity contribution in [3.63, 3.8) is 0 Å². The lowest BCUT2D eigenvalue weighted by atomic mass is 10.3. The van der Waals surface area contributed by atoms with Crippen molar-refractivity contribution in [2.45, 2.75) is 12.8 Å². The first-order valence-electron chi connectivity index (χ1n) is 7.87. The van der Waals surface area contributed by atoms with Gasteiger partial charge in [-0.05, 0) is 25.0 Å². The van der Waals surface area contributed by atoms with Crippen molar-refractivity contribution < 1.29 is 4.79 Å². The maximum atomic E-state index is 12.3. The highest BCUT2D eigenvalue weighted by atomic mass is 16.2. The Morgan fingerprint density at radius 1 is 1.04 bits per heavy atom. The molecule has 1 fully saturated rings. The zero-order valence-corrected chi connectivity index (χ0v) is 13.3. The molecule has 1 amide bonds. The van der Waals surface area contributed by atoms with Crippen LogP contribution in [0.1, 0.15) is 23.3 Å². The van der Waals surface area contributed by atoms with Crippen LogP contribution >= 0.6 is 0 Å². The molecule has 1 N–H and O–H groups in total. The van der Waals surface area contributed by atoms with Crippen LogP contribution in [0.4, 0.5) is 11.6 Å². The molecule has 25 heavy (non-hydrogen) atoms. The van der Waals surface area contributed by atoms with Gasteiger partial charge in [0.1, 0.15) is 30.6 Å². The Bertz CT molecular complexity index is 857. The molecule has 0 aliphatic carbocycles. The first-order chi connectivity index (χ1) is 12.3. The minimum Gasteiger partial charge on any atom is -0.356 e. The fourth-order valence-electron chi connectivity index (χ4n) is 2.61. The third-order valence-corrected chi connectivity index (χ3v) is 3.86. The zero-order valence-electron chi connectivity index (χ0n) is 13.3. The Kier molecular flexibility index (Phi) is 3.99. The van der Waals surface area contributed by atoms with Crippen molar-refractivity contribution in [3.8, 4) is 5.82 Å². The summed E-state index contributed by atoms with van der Waals surface area (Å²) in [5.41, 5.74) is 0.185. The molecule has 0 saturated carbocycles. The van der Waals surface area contributed by atoms with Crippen LogP contribution in [0.5, 0.6) is 0 Å². The van der Waals surface area contributed by atoms with Crippen LogP contribution in [0.15, 0.2) is 37.2 Å². The van der Waals surface area contributed by atoms with Crippen LogP contribution in [-0.4, -0.2) is 53.9 Å². The van der Waals surface area contributed by atoms with Gasteiger partial charge in [-0.25, -0.2) is 19.6 Å². The second kappa shape index (κ2) is 6.59. The van der Waals surface area contributed by atoms with Crippen molar-refractivity contribution >= 4 is 17.5 Å². The number of rotatable bonds is 4. The van der Waals surface area contributed by atoms with Crippen LogP contribution in [0.3, 0.4) is 0 Å². The lowest BCUT2D eigenvalue weighted by Gasteiger charge is -2.16. The van der Waals surface area contributed by atoms with Gasteiger partial charge in [-0.1, -0.05) is 0 Å². The van der Waals surface area contributed by atoms with Gasteiger partial charge < -0.3 is 10.2 Å². The molecule has 4 heterocycles. The Hall–Kier alpha value is -3.43. The summed E-state index contributed by atoms with van der Waals surface area (Å²) < 4.78 is 1.46. The highest BCUT2D eigenvalue weighted by Gasteiger charge is 2.15. The van der Waals surface area contributed by atoms with E-state index in [9.17, 15) is 4.79 Å². The Morgan fingerprint density at radius 3 is 2.64 bits per heavy atom. The summed E-state index contributed by atoms with van der Waals surface area (Å²) >= 11 is 0. The maximum Gasteiger partial charge on any atom is 0.277 e. The van der Waals surface area contributed by atoms with E-state index in [1.54, 1.807) is 18.2 Å². The Balaban J connectivity index is 1.47. The van der Waals surface area contributed by atoms with Crippen molar-refractivity contribution in [1.82, 2.24) is 34.9 Å². The number of nitrogens with one attached hydrogen (secondary N) is 1. The molecule has 0 radical (unpaired) electrons. The molecule has 0 atom stereocenters. The van der Waals surface area contributed by atoms with Crippen molar-refractivity contribution in [2.24, 2.45) is 0 Å². The van der Waals surface area contributed by atoms with Crippen LogP contribution in [0.2, 0.25) is 0 Å². The van der Waals surface area contributed by atoms with Gasteiger partial charge in [-0.2, -0.15) is 5.10 Å². The average Bonchev–Trinajstić information content (AvgIpc) is 3.36. The molecule has 10 heteroatoms. The number of hydrogen-bond acceptors (Lipinski definition) is 8. The summed E-state index contributed by atoms with van der Waals surface area (Å²) in [5, 5.41) is 14.6. The van der Waals surface area contributed by atoms with E-state index in [1.165, 1.54) is 23.7 Å². The summed E-state index contributed by atoms with van der Waals surface area (Å²) in [7, 11) is 0. The normalized spacial score (nSPS) is 13.8. The van der Waals surface area contributed by atoms with E-state index in [2.05, 4.69) is 40.5 Å². The minimum absolute atomic E-state index is 0.185. The first-order valence-corrected chi connectivity index (χ1v) is 7.87. The highest BCUT2D eigenvalue weighted by Crippen LogP contribution is 2.19. The lowest BCUT2D eigenvalue weighted by Crippen LogP contribution is -2.20. The fraction of sp³-hybridized carbons (Fsp3) is 0.267. The number of amides is 1. The molecular formula is C15H15N9O. The van der Waals surface area contributed by atoms with Crippen LogP contribution in [0, 0.1) is 0 Å². The molecule has 0 unspecified atom stereocenters. The van der Waals surface area contributed by atoms with Gasteiger partial charge in [0, 0.05) is 19.2 Å². The minimum atomic E-state index is -0.385. The molecule has 0 bridgehead atoms. The van der Waals surface area contributed by atoms with Gasteiger partial charge in [0.15, 0.2) is 11.5 Å². The second-order valence-corrected chi connectivity index (χ2v) is 5.53.